The smallest absolute Gasteiger partial charge is 0.262 e. The highest BCUT2D eigenvalue weighted by molar-refractivity contribution is 7.92. The Morgan fingerprint density at radius 1 is 0.857 bits per heavy atom. The number of rotatable bonds is 7. The van der Waals surface area contributed by atoms with E-state index < -0.39 is 10.0 Å². The van der Waals surface area contributed by atoms with Crippen LogP contribution in [0.15, 0.2) is 71.6 Å². The second kappa shape index (κ2) is 8.35. The molecule has 6 heteroatoms. The highest BCUT2D eigenvalue weighted by Crippen LogP contribution is 2.24. The van der Waals surface area contributed by atoms with Crippen molar-refractivity contribution >= 4 is 21.4 Å². The molecule has 0 amide bonds. The van der Waals surface area contributed by atoms with E-state index in [9.17, 15) is 8.42 Å². The van der Waals surface area contributed by atoms with Crippen LogP contribution in [0.25, 0.3) is 0 Å². The third-order valence-corrected chi connectivity index (χ3v) is 5.97. The molecule has 0 fully saturated rings. The van der Waals surface area contributed by atoms with Crippen LogP contribution in [0.4, 0.5) is 11.4 Å². The third-order valence-electron chi connectivity index (χ3n) is 4.43. The fourth-order valence-corrected chi connectivity index (χ4v) is 4.11. The van der Waals surface area contributed by atoms with Gasteiger partial charge in [-0.15, -0.1) is 0 Å². The maximum Gasteiger partial charge on any atom is 0.262 e. The van der Waals surface area contributed by atoms with Crippen molar-refractivity contribution in [3.8, 4) is 5.75 Å². The van der Waals surface area contributed by atoms with Crippen LogP contribution in [-0.2, 0) is 16.6 Å². The Balaban J connectivity index is 1.67. The molecule has 3 aromatic carbocycles. The topological polar surface area (TPSA) is 67.4 Å². The molecule has 0 aromatic heterocycles. The summed E-state index contributed by atoms with van der Waals surface area (Å²) in [7, 11) is -2.12. The highest BCUT2D eigenvalue weighted by atomic mass is 32.2. The van der Waals surface area contributed by atoms with Gasteiger partial charge >= 0.3 is 0 Å². The minimum atomic E-state index is -3.67. The third kappa shape index (κ3) is 4.84. The van der Waals surface area contributed by atoms with Crippen LogP contribution in [0.3, 0.4) is 0 Å². The van der Waals surface area contributed by atoms with Crippen LogP contribution in [0, 0.1) is 13.8 Å². The van der Waals surface area contributed by atoms with Gasteiger partial charge in [-0.1, -0.05) is 29.8 Å². The van der Waals surface area contributed by atoms with E-state index in [0.29, 0.717) is 23.5 Å². The van der Waals surface area contributed by atoms with Crippen LogP contribution in [0.2, 0.25) is 0 Å². The summed E-state index contributed by atoms with van der Waals surface area (Å²) in [5.41, 5.74) is 4.47. The van der Waals surface area contributed by atoms with E-state index in [1.807, 2.05) is 12.1 Å². The van der Waals surface area contributed by atoms with Crippen molar-refractivity contribution in [2.45, 2.75) is 25.3 Å². The lowest BCUT2D eigenvalue weighted by molar-refractivity contribution is 0.414. The van der Waals surface area contributed by atoms with Crippen molar-refractivity contribution in [1.29, 1.82) is 0 Å². The molecule has 0 spiro atoms. The first-order valence-corrected chi connectivity index (χ1v) is 10.4. The Labute approximate surface area is 166 Å². The van der Waals surface area contributed by atoms with Gasteiger partial charge in [0.2, 0.25) is 0 Å². The summed E-state index contributed by atoms with van der Waals surface area (Å²) in [5.74, 6) is 0.625. The number of benzene rings is 3. The van der Waals surface area contributed by atoms with Crippen LogP contribution in [0.5, 0.6) is 5.75 Å². The molecule has 0 heterocycles. The average molecular weight is 397 g/mol. The Bertz CT molecular complexity index is 1040. The molecule has 0 saturated carbocycles. The first kappa shape index (κ1) is 19.8. The molecule has 0 atom stereocenters. The molecule has 0 aliphatic rings. The van der Waals surface area contributed by atoms with Gasteiger partial charge in [0.05, 0.1) is 12.0 Å². The summed E-state index contributed by atoms with van der Waals surface area (Å²) in [6, 6.07) is 20.4. The van der Waals surface area contributed by atoms with Crippen LogP contribution < -0.4 is 14.8 Å². The molecule has 2 N–H and O–H groups in total. The van der Waals surface area contributed by atoms with E-state index in [4.69, 9.17) is 4.74 Å². The summed E-state index contributed by atoms with van der Waals surface area (Å²) < 4.78 is 33.1. The number of sulfonamides is 1. The summed E-state index contributed by atoms with van der Waals surface area (Å²) in [6.07, 6.45) is 0. The minimum absolute atomic E-state index is 0.231. The Kier molecular flexibility index (Phi) is 5.90. The number of ether oxygens (including phenoxy) is 1. The molecule has 0 unspecified atom stereocenters. The lowest BCUT2D eigenvalue weighted by atomic mass is 10.1. The number of hydrogen-bond donors (Lipinski definition) is 2. The quantitative estimate of drug-likeness (QED) is 0.606. The van der Waals surface area contributed by atoms with Crippen molar-refractivity contribution in [2.75, 3.05) is 17.1 Å². The summed E-state index contributed by atoms with van der Waals surface area (Å²) in [5, 5.41) is 3.33. The van der Waals surface area contributed by atoms with Crippen LogP contribution in [0.1, 0.15) is 16.7 Å². The van der Waals surface area contributed by atoms with Gasteiger partial charge < -0.3 is 10.1 Å². The Morgan fingerprint density at radius 2 is 1.50 bits per heavy atom. The minimum Gasteiger partial charge on any atom is -0.497 e. The molecule has 3 rings (SSSR count). The lowest BCUT2D eigenvalue weighted by Gasteiger charge is -2.12. The number of anilines is 2. The van der Waals surface area contributed by atoms with Crippen molar-refractivity contribution in [2.24, 2.45) is 0 Å². The maximum absolute atomic E-state index is 12.7. The van der Waals surface area contributed by atoms with Gasteiger partial charge in [0, 0.05) is 17.9 Å². The number of aryl methyl sites for hydroxylation is 2. The van der Waals surface area contributed by atoms with Gasteiger partial charge in [-0.2, -0.15) is 0 Å². The van der Waals surface area contributed by atoms with Gasteiger partial charge in [-0.3, -0.25) is 4.72 Å². The summed E-state index contributed by atoms with van der Waals surface area (Å²) >= 11 is 0. The van der Waals surface area contributed by atoms with Crippen molar-refractivity contribution in [3.63, 3.8) is 0 Å². The molecule has 5 nitrogen and oxygen atoms in total. The van der Waals surface area contributed by atoms with Gasteiger partial charge in [-0.05, 0) is 67.4 Å². The predicted molar refractivity (Wildman–Crippen MR) is 113 cm³/mol. The first-order chi connectivity index (χ1) is 13.4. The molecule has 3 aromatic rings. The SMILES string of the molecule is COc1ccc(S(=O)(=O)Nc2ccc(NCc3ccc(C)cc3)cc2)c(C)c1. The average Bonchev–Trinajstić information content (AvgIpc) is 2.68. The van der Waals surface area contributed by atoms with Crippen LogP contribution in [-0.4, -0.2) is 15.5 Å². The first-order valence-electron chi connectivity index (χ1n) is 8.94. The van der Waals surface area contributed by atoms with Gasteiger partial charge in [0.15, 0.2) is 0 Å². The zero-order valence-electron chi connectivity index (χ0n) is 16.2. The Hall–Kier alpha value is -2.99. The molecule has 0 radical (unpaired) electrons. The largest absolute Gasteiger partial charge is 0.497 e. The normalized spacial score (nSPS) is 11.1. The van der Waals surface area contributed by atoms with E-state index in [1.165, 1.54) is 11.1 Å². The summed E-state index contributed by atoms with van der Waals surface area (Å²) in [6.45, 7) is 4.51. The number of nitrogens with one attached hydrogen (secondary N) is 2. The maximum atomic E-state index is 12.7. The highest BCUT2D eigenvalue weighted by Gasteiger charge is 2.17. The molecule has 28 heavy (non-hydrogen) atoms. The second-order valence-corrected chi connectivity index (χ2v) is 8.30. The fourth-order valence-electron chi connectivity index (χ4n) is 2.83. The monoisotopic (exact) mass is 396 g/mol. The van der Waals surface area contributed by atoms with Crippen molar-refractivity contribution in [3.05, 3.63) is 83.4 Å². The van der Waals surface area contributed by atoms with E-state index in [1.54, 1.807) is 44.4 Å². The molecule has 0 aliphatic carbocycles. The van der Waals surface area contributed by atoms with E-state index in [0.717, 1.165) is 5.69 Å². The molecular weight excluding hydrogens is 372 g/mol. The van der Waals surface area contributed by atoms with Gasteiger partial charge in [0.1, 0.15) is 5.75 Å². The van der Waals surface area contributed by atoms with E-state index >= 15 is 0 Å². The Morgan fingerprint density at radius 3 is 2.11 bits per heavy atom. The number of methoxy groups -OCH3 is 1. The standard InChI is InChI=1S/C22H24N2O3S/c1-16-4-6-18(7-5-16)15-23-19-8-10-20(11-9-19)24-28(25,26)22-13-12-21(27-3)14-17(22)2/h4-14,23-24H,15H2,1-3H3. The fraction of sp³-hybridized carbons (Fsp3) is 0.182. The summed E-state index contributed by atoms with van der Waals surface area (Å²) in [4.78, 5) is 0.231. The lowest BCUT2D eigenvalue weighted by Crippen LogP contribution is -2.14. The van der Waals surface area contributed by atoms with Gasteiger partial charge in [-0.25, -0.2) is 8.42 Å². The predicted octanol–water partition coefficient (Wildman–Crippen LogP) is 4.72. The molecular formula is C22H24N2O3S. The zero-order valence-corrected chi connectivity index (χ0v) is 17.0. The van der Waals surface area contributed by atoms with Crippen molar-refractivity contribution in [1.82, 2.24) is 0 Å². The second-order valence-electron chi connectivity index (χ2n) is 6.65. The van der Waals surface area contributed by atoms with E-state index in [2.05, 4.69) is 41.2 Å². The molecule has 146 valence electrons. The van der Waals surface area contributed by atoms with E-state index in [-0.39, 0.29) is 4.90 Å². The van der Waals surface area contributed by atoms with Gasteiger partial charge in [0.25, 0.3) is 10.0 Å². The molecule has 0 bridgehead atoms. The van der Waals surface area contributed by atoms with Crippen LogP contribution >= 0.6 is 0 Å². The zero-order chi connectivity index (χ0) is 20.1. The number of hydrogen-bond acceptors (Lipinski definition) is 4. The molecule has 0 aliphatic heterocycles. The molecule has 0 saturated heterocycles. The van der Waals surface area contributed by atoms with Crippen molar-refractivity contribution < 1.29 is 13.2 Å².